The van der Waals surface area contributed by atoms with Crippen LogP contribution in [0.15, 0.2) is 48.5 Å². The van der Waals surface area contributed by atoms with Gasteiger partial charge in [0.15, 0.2) is 6.10 Å². The summed E-state index contributed by atoms with van der Waals surface area (Å²) >= 11 is 0. The van der Waals surface area contributed by atoms with Crippen LogP contribution in [0.25, 0.3) is 0 Å². The van der Waals surface area contributed by atoms with Crippen LogP contribution in [0.3, 0.4) is 0 Å². The molecule has 0 saturated carbocycles. The third kappa shape index (κ3) is 4.91. The molecule has 0 saturated heterocycles. The summed E-state index contributed by atoms with van der Waals surface area (Å²) in [5.74, 6) is -0.929. The Morgan fingerprint density at radius 1 is 1.08 bits per heavy atom. The fourth-order valence-electron chi connectivity index (χ4n) is 2.29. The Bertz CT molecular complexity index is 784. The lowest BCUT2D eigenvalue weighted by Crippen LogP contribution is -2.24. The summed E-state index contributed by atoms with van der Waals surface area (Å²) in [7, 11) is 0. The van der Waals surface area contributed by atoms with E-state index in [2.05, 4.69) is 5.32 Å². The SMILES string of the molecule is CCc1ccc(C(=O)[C@@H](C)OC(=O)c2cccc(NC(N)=O)c2)cc1. The molecular weight excluding hydrogens is 320 g/mol. The number of hydrogen-bond donors (Lipinski definition) is 2. The van der Waals surface area contributed by atoms with Crippen molar-refractivity contribution >= 4 is 23.5 Å². The average molecular weight is 340 g/mol. The molecule has 2 aromatic carbocycles. The number of anilines is 1. The average Bonchev–Trinajstić information content (AvgIpc) is 2.60. The molecule has 3 N–H and O–H groups in total. The Hall–Kier alpha value is -3.15. The van der Waals surface area contributed by atoms with Gasteiger partial charge >= 0.3 is 12.0 Å². The number of urea groups is 1. The van der Waals surface area contributed by atoms with Crippen LogP contribution in [0.2, 0.25) is 0 Å². The van der Waals surface area contributed by atoms with E-state index in [9.17, 15) is 14.4 Å². The Balaban J connectivity index is 2.05. The highest BCUT2D eigenvalue weighted by Gasteiger charge is 2.20. The number of rotatable bonds is 6. The minimum absolute atomic E-state index is 0.215. The summed E-state index contributed by atoms with van der Waals surface area (Å²) in [5.41, 5.74) is 7.24. The molecule has 2 aromatic rings. The molecule has 0 bridgehead atoms. The van der Waals surface area contributed by atoms with E-state index in [-0.39, 0.29) is 11.3 Å². The minimum Gasteiger partial charge on any atom is -0.451 e. The largest absolute Gasteiger partial charge is 0.451 e. The van der Waals surface area contributed by atoms with Gasteiger partial charge in [-0.05, 0) is 37.1 Å². The normalized spacial score (nSPS) is 11.4. The molecule has 2 rings (SSSR count). The monoisotopic (exact) mass is 340 g/mol. The van der Waals surface area contributed by atoms with Crippen molar-refractivity contribution in [2.75, 3.05) is 5.32 Å². The fraction of sp³-hybridized carbons (Fsp3) is 0.211. The number of nitrogens with one attached hydrogen (secondary N) is 1. The third-order valence-electron chi connectivity index (χ3n) is 3.67. The second-order valence-corrected chi connectivity index (χ2v) is 5.53. The van der Waals surface area contributed by atoms with E-state index in [1.165, 1.54) is 19.1 Å². The Morgan fingerprint density at radius 3 is 2.36 bits per heavy atom. The molecule has 0 aliphatic rings. The fourth-order valence-corrected chi connectivity index (χ4v) is 2.29. The van der Waals surface area contributed by atoms with Crippen molar-refractivity contribution in [1.82, 2.24) is 0 Å². The van der Waals surface area contributed by atoms with Crippen LogP contribution in [0.1, 0.15) is 40.1 Å². The first-order valence-corrected chi connectivity index (χ1v) is 7.91. The number of carbonyl (C=O) groups is 3. The van der Waals surface area contributed by atoms with E-state index in [1.807, 2.05) is 19.1 Å². The van der Waals surface area contributed by atoms with Crippen molar-refractivity contribution in [2.45, 2.75) is 26.4 Å². The standard InChI is InChI=1S/C19H20N2O4/c1-3-13-7-9-14(10-8-13)17(22)12(2)25-18(23)15-5-4-6-16(11-15)21-19(20)24/h4-12H,3H2,1-2H3,(H3,20,21,24)/t12-/m1/s1. The number of esters is 1. The zero-order valence-corrected chi connectivity index (χ0v) is 14.1. The highest BCUT2D eigenvalue weighted by Crippen LogP contribution is 2.14. The van der Waals surface area contributed by atoms with Gasteiger partial charge in [-0.1, -0.05) is 37.3 Å². The van der Waals surface area contributed by atoms with E-state index >= 15 is 0 Å². The zero-order valence-electron chi connectivity index (χ0n) is 14.1. The van der Waals surface area contributed by atoms with Crippen LogP contribution in [0, 0.1) is 0 Å². The first kappa shape index (κ1) is 18.2. The number of amides is 2. The molecule has 6 heteroatoms. The first-order chi connectivity index (χ1) is 11.9. The van der Waals surface area contributed by atoms with Crippen LogP contribution in [0.5, 0.6) is 0 Å². The van der Waals surface area contributed by atoms with Gasteiger partial charge in [0, 0.05) is 11.3 Å². The molecule has 0 unspecified atom stereocenters. The van der Waals surface area contributed by atoms with Crippen LogP contribution in [0.4, 0.5) is 10.5 Å². The molecule has 130 valence electrons. The highest BCUT2D eigenvalue weighted by atomic mass is 16.5. The lowest BCUT2D eigenvalue weighted by molar-refractivity contribution is 0.0319. The maximum absolute atomic E-state index is 12.4. The molecular formula is C19H20N2O4. The summed E-state index contributed by atoms with van der Waals surface area (Å²) in [6.07, 6.45) is -0.0398. The van der Waals surface area contributed by atoms with Crippen LogP contribution in [-0.2, 0) is 11.2 Å². The van der Waals surface area contributed by atoms with Crippen LogP contribution < -0.4 is 11.1 Å². The van der Waals surface area contributed by atoms with Crippen LogP contribution in [-0.4, -0.2) is 23.9 Å². The number of ether oxygens (including phenoxy) is 1. The Kier molecular flexibility index (Phi) is 5.89. The second-order valence-electron chi connectivity index (χ2n) is 5.53. The number of Topliss-reactive ketones (excluding diaryl/α,β-unsaturated/α-hetero) is 1. The van der Waals surface area contributed by atoms with Crippen molar-refractivity contribution in [3.8, 4) is 0 Å². The smallest absolute Gasteiger partial charge is 0.338 e. The number of nitrogens with two attached hydrogens (primary N) is 1. The zero-order chi connectivity index (χ0) is 18.4. The number of aryl methyl sites for hydroxylation is 1. The number of hydrogen-bond acceptors (Lipinski definition) is 4. The van der Waals surface area contributed by atoms with Crippen LogP contribution >= 0.6 is 0 Å². The van der Waals surface area contributed by atoms with Gasteiger partial charge in [0.2, 0.25) is 5.78 Å². The van der Waals surface area contributed by atoms with Crippen molar-refractivity contribution < 1.29 is 19.1 Å². The minimum atomic E-state index is -0.923. The lowest BCUT2D eigenvalue weighted by Gasteiger charge is -2.13. The maximum atomic E-state index is 12.4. The summed E-state index contributed by atoms with van der Waals surface area (Å²) in [4.78, 5) is 35.5. The molecule has 2 amide bonds. The Labute approximate surface area is 146 Å². The number of primary amides is 1. The van der Waals surface area contributed by atoms with Crippen molar-refractivity contribution in [2.24, 2.45) is 5.73 Å². The van der Waals surface area contributed by atoms with E-state index in [1.54, 1.807) is 24.3 Å². The summed E-state index contributed by atoms with van der Waals surface area (Å²) in [5, 5.41) is 2.38. The van der Waals surface area contributed by atoms with Gasteiger partial charge < -0.3 is 15.8 Å². The number of ketones is 1. The lowest BCUT2D eigenvalue weighted by atomic mass is 10.0. The molecule has 1 atom stereocenters. The van der Waals surface area contributed by atoms with Crippen molar-refractivity contribution in [1.29, 1.82) is 0 Å². The summed E-state index contributed by atoms with van der Waals surface area (Å²) in [6.45, 7) is 3.56. The molecule has 0 aromatic heterocycles. The van der Waals surface area contributed by atoms with E-state index in [4.69, 9.17) is 10.5 Å². The topological polar surface area (TPSA) is 98.5 Å². The van der Waals surface area contributed by atoms with E-state index in [0.717, 1.165) is 12.0 Å². The summed E-state index contributed by atoms with van der Waals surface area (Å²) < 4.78 is 5.24. The van der Waals surface area contributed by atoms with Gasteiger partial charge in [-0.25, -0.2) is 9.59 Å². The third-order valence-corrected chi connectivity index (χ3v) is 3.67. The van der Waals surface area contributed by atoms with Gasteiger partial charge in [0.05, 0.1) is 5.56 Å². The molecule has 6 nitrogen and oxygen atoms in total. The molecule has 0 heterocycles. The quantitative estimate of drug-likeness (QED) is 0.623. The first-order valence-electron chi connectivity index (χ1n) is 7.91. The maximum Gasteiger partial charge on any atom is 0.338 e. The van der Waals surface area contributed by atoms with Gasteiger partial charge in [-0.15, -0.1) is 0 Å². The predicted molar refractivity (Wildman–Crippen MR) is 94.7 cm³/mol. The van der Waals surface area contributed by atoms with E-state index < -0.39 is 18.1 Å². The molecule has 0 spiro atoms. The predicted octanol–water partition coefficient (Wildman–Crippen LogP) is 3.17. The molecule has 25 heavy (non-hydrogen) atoms. The van der Waals surface area contributed by atoms with Gasteiger partial charge in [0.1, 0.15) is 0 Å². The van der Waals surface area contributed by atoms with E-state index in [0.29, 0.717) is 11.3 Å². The highest BCUT2D eigenvalue weighted by molar-refractivity contribution is 6.01. The van der Waals surface area contributed by atoms with Crippen molar-refractivity contribution in [3.63, 3.8) is 0 Å². The number of carbonyl (C=O) groups excluding carboxylic acids is 3. The number of benzene rings is 2. The van der Waals surface area contributed by atoms with Gasteiger partial charge in [0.25, 0.3) is 0 Å². The van der Waals surface area contributed by atoms with Gasteiger partial charge in [-0.3, -0.25) is 4.79 Å². The molecule has 0 fully saturated rings. The Morgan fingerprint density at radius 2 is 1.76 bits per heavy atom. The molecule has 0 aliphatic carbocycles. The molecule has 0 radical (unpaired) electrons. The van der Waals surface area contributed by atoms with Gasteiger partial charge in [-0.2, -0.15) is 0 Å². The van der Waals surface area contributed by atoms with Crippen molar-refractivity contribution in [3.05, 3.63) is 65.2 Å². The second kappa shape index (κ2) is 8.10. The molecule has 0 aliphatic heterocycles. The summed E-state index contributed by atoms with van der Waals surface area (Å²) in [6, 6.07) is 12.6.